The second-order valence-corrected chi connectivity index (χ2v) is 4.73. The zero-order chi connectivity index (χ0) is 12.7. The molecule has 0 spiro atoms. The Morgan fingerprint density at radius 2 is 2.11 bits per heavy atom. The van der Waals surface area contributed by atoms with Gasteiger partial charge in [-0.1, -0.05) is 43.4 Å². The number of hydrogen-bond acceptors (Lipinski definition) is 2. The van der Waals surface area contributed by atoms with Crippen LogP contribution in [0.2, 0.25) is 0 Å². The largest absolute Gasteiger partial charge is 0.293 e. The van der Waals surface area contributed by atoms with Crippen molar-refractivity contribution >= 4 is 11.6 Å². The molecule has 1 unspecified atom stereocenters. The number of carbonyl (C=O) groups excluding carboxylic acids is 2. The van der Waals surface area contributed by atoms with E-state index in [1.807, 2.05) is 31.2 Å². The maximum Gasteiger partial charge on any atom is 0.190 e. The maximum absolute atomic E-state index is 12.5. The Hall–Kier alpha value is -1.96. The fourth-order valence-electron chi connectivity index (χ4n) is 2.82. The molecular formula is C16H14O2. The molecule has 0 amide bonds. The number of aryl methyl sites for hydroxylation is 1. The van der Waals surface area contributed by atoms with E-state index in [-0.39, 0.29) is 17.5 Å². The number of fused-ring (bicyclic) bond motifs is 2. The normalized spacial score (nSPS) is 21.4. The van der Waals surface area contributed by atoms with E-state index in [0.29, 0.717) is 23.1 Å². The lowest BCUT2D eigenvalue weighted by Crippen LogP contribution is -2.31. The first-order valence-corrected chi connectivity index (χ1v) is 6.31. The topological polar surface area (TPSA) is 34.1 Å². The third-order valence-electron chi connectivity index (χ3n) is 3.76. The van der Waals surface area contributed by atoms with Crippen molar-refractivity contribution in [3.05, 3.63) is 58.7 Å². The van der Waals surface area contributed by atoms with Crippen LogP contribution in [0, 0.1) is 5.92 Å². The van der Waals surface area contributed by atoms with Crippen LogP contribution in [0.25, 0.3) is 0 Å². The molecule has 0 aromatic heterocycles. The zero-order valence-electron chi connectivity index (χ0n) is 10.3. The highest BCUT2D eigenvalue weighted by molar-refractivity contribution is 6.24. The lowest BCUT2D eigenvalue weighted by Gasteiger charge is -2.27. The summed E-state index contributed by atoms with van der Waals surface area (Å²) in [5.41, 5.74) is 2.88. The molecule has 2 aliphatic carbocycles. The molecule has 0 saturated carbocycles. The number of allylic oxidation sites excluding steroid dienone is 4. The lowest BCUT2D eigenvalue weighted by molar-refractivity contribution is 0.0881. The summed E-state index contributed by atoms with van der Waals surface area (Å²) in [6.45, 7) is 2.01. The van der Waals surface area contributed by atoms with E-state index in [4.69, 9.17) is 0 Å². The van der Waals surface area contributed by atoms with Crippen molar-refractivity contribution in [2.24, 2.45) is 5.92 Å². The third kappa shape index (κ3) is 1.42. The molecular weight excluding hydrogens is 224 g/mol. The smallest absolute Gasteiger partial charge is 0.190 e. The van der Waals surface area contributed by atoms with Crippen molar-refractivity contribution in [2.45, 2.75) is 19.8 Å². The first kappa shape index (κ1) is 11.1. The van der Waals surface area contributed by atoms with Crippen LogP contribution < -0.4 is 0 Å². The number of benzene rings is 1. The zero-order valence-corrected chi connectivity index (χ0v) is 10.3. The average molecular weight is 238 g/mol. The summed E-state index contributed by atoms with van der Waals surface area (Å²) in [5.74, 6) is -0.130. The van der Waals surface area contributed by atoms with Gasteiger partial charge in [0.25, 0.3) is 0 Å². The first-order chi connectivity index (χ1) is 8.74. The molecule has 90 valence electrons. The van der Waals surface area contributed by atoms with Crippen molar-refractivity contribution in [3.8, 4) is 0 Å². The van der Waals surface area contributed by atoms with Gasteiger partial charge in [0, 0.05) is 16.7 Å². The Labute approximate surface area is 106 Å². The van der Waals surface area contributed by atoms with Crippen LogP contribution in [0.15, 0.2) is 42.0 Å². The highest BCUT2D eigenvalue weighted by atomic mass is 16.1. The molecule has 1 aromatic carbocycles. The summed E-state index contributed by atoms with van der Waals surface area (Å²) in [5, 5.41) is 0. The van der Waals surface area contributed by atoms with E-state index < -0.39 is 0 Å². The van der Waals surface area contributed by atoms with E-state index in [1.54, 1.807) is 12.1 Å². The average Bonchev–Trinajstić information content (AvgIpc) is 2.44. The molecule has 0 fully saturated rings. The number of carbonyl (C=O) groups is 2. The van der Waals surface area contributed by atoms with Crippen molar-refractivity contribution in [2.75, 3.05) is 0 Å². The molecule has 0 heterocycles. The molecule has 1 atom stereocenters. The molecule has 2 nitrogen and oxygen atoms in total. The number of Topliss-reactive ketones (excluding diaryl/α,β-unsaturated/α-hetero) is 2. The van der Waals surface area contributed by atoms with Crippen molar-refractivity contribution in [3.63, 3.8) is 0 Å². The van der Waals surface area contributed by atoms with E-state index in [9.17, 15) is 9.59 Å². The molecule has 3 rings (SSSR count). The maximum atomic E-state index is 12.5. The Morgan fingerprint density at radius 3 is 2.89 bits per heavy atom. The number of rotatable bonds is 1. The Kier molecular flexibility index (Phi) is 2.51. The van der Waals surface area contributed by atoms with Gasteiger partial charge in [-0.2, -0.15) is 0 Å². The summed E-state index contributed by atoms with van der Waals surface area (Å²) in [7, 11) is 0. The van der Waals surface area contributed by atoms with Crippen LogP contribution in [0.5, 0.6) is 0 Å². The lowest BCUT2D eigenvalue weighted by atomic mass is 9.73. The summed E-state index contributed by atoms with van der Waals surface area (Å²) in [6.07, 6.45) is 7.04. The van der Waals surface area contributed by atoms with Gasteiger partial charge >= 0.3 is 0 Å². The van der Waals surface area contributed by atoms with Crippen molar-refractivity contribution < 1.29 is 9.59 Å². The fourth-order valence-corrected chi connectivity index (χ4v) is 2.82. The fraction of sp³-hybridized carbons (Fsp3) is 0.250. The molecule has 2 heteroatoms. The van der Waals surface area contributed by atoms with Crippen LogP contribution >= 0.6 is 0 Å². The highest BCUT2D eigenvalue weighted by Gasteiger charge is 2.37. The minimum atomic E-state index is -0.261. The first-order valence-electron chi connectivity index (χ1n) is 6.31. The molecule has 18 heavy (non-hydrogen) atoms. The Morgan fingerprint density at radius 1 is 1.28 bits per heavy atom. The SMILES string of the molecule is CCc1cccc2c1C(=O)C1CC=CC=C1C2=O. The van der Waals surface area contributed by atoms with Gasteiger partial charge in [0.05, 0.1) is 5.92 Å². The number of hydrogen-bond donors (Lipinski definition) is 0. The molecule has 0 aliphatic heterocycles. The summed E-state index contributed by atoms with van der Waals surface area (Å²) >= 11 is 0. The molecule has 0 bridgehead atoms. The van der Waals surface area contributed by atoms with Gasteiger partial charge in [-0.15, -0.1) is 0 Å². The van der Waals surface area contributed by atoms with Gasteiger partial charge in [0.1, 0.15) is 0 Å². The summed E-state index contributed by atoms with van der Waals surface area (Å²) in [4.78, 5) is 25.0. The van der Waals surface area contributed by atoms with E-state index in [0.717, 1.165) is 12.0 Å². The Balaban J connectivity index is 2.25. The molecule has 0 saturated heterocycles. The van der Waals surface area contributed by atoms with E-state index in [1.165, 1.54) is 0 Å². The predicted molar refractivity (Wildman–Crippen MR) is 69.8 cm³/mol. The second-order valence-electron chi connectivity index (χ2n) is 4.73. The van der Waals surface area contributed by atoms with E-state index >= 15 is 0 Å². The van der Waals surface area contributed by atoms with Gasteiger partial charge in [-0.3, -0.25) is 9.59 Å². The predicted octanol–water partition coefficient (Wildman–Crippen LogP) is 3.13. The minimum absolute atomic E-state index is 0.0225. The number of ketones is 2. The van der Waals surface area contributed by atoms with Crippen LogP contribution in [0.4, 0.5) is 0 Å². The van der Waals surface area contributed by atoms with Gasteiger partial charge < -0.3 is 0 Å². The van der Waals surface area contributed by atoms with Gasteiger partial charge in [0.2, 0.25) is 0 Å². The van der Waals surface area contributed by atoms with Crippen molar-refractivity contribution in [1.29, 1.82) is 0 Å². The summed E-state index contributed by atoms with van der Waals surface area (Å²) in [6, 6.07) is 5.57. The van der Waals surface area contributed by atoms with Gasteiger partial charge in [-0.05, 0) is 18.4 Å². The minimum Gasteiger partial charge on any atom is -0.293 e. The highest BCUT2D eigenvalue weighted by Crippen LogP contribution is 2.35. The van der Waals surface area contributed by atoms with Crippen LogP contribution in [-0.2, 0) is 6.42 Å². The molecule has 0 N–H and O–H groups in total. The molecule has 1 aromatic rings. The van der Waals surface area contributed by atoms with Gasteiger partial charge in [0.15, 0.2) is 11.6 Å². The third-order valence-corrected chi connectivity index (χ3v) is 3.76. The molecule has 0 radical (unpaired) electrons. The van der Waals surface area contributed by atoms with Gasteiger partial charge in [-0.25, -0.2) is 0 Å². The van der Waals surface area contributed by atoms with Crippen LogP contribution in [-0.4, -0.2) is 11.6 Å². The standard InChI is InChI=1S/C16H14O2/c1-2-10-6-5-9-13-14(10)16(18)12-8-4-3-7-11(12)15(13)17/h3-7,9,12H,2,8H2,1H3. The quantitative estimate of drug-likeness (QED) is 0.753. The molecule has 2 aliphatic rings. The Bertz CT molecular complexity index is 606. The second kappa shape index (κ2) is 4.05. The van der Waals surface area contributed by atoms with Crippen LogP contribution in [0.1, 0.15) is 39.6 Å². The summed E-state index contributed by atoms with van der Waals surface area (Å²) < 4.78 is 0. The van der Waals surface area contributed by atoms with E-state index in [2.05, 4.69) is 0 Å². The van der Waals surface area contributed by atoms with Crippen molar-refractivity contribution in [1.82, 2.24) is 0 Å². The van der Waals surface area contributed by atoms with Crippen LogP contribution in [0.3, 0.4) is 0 Å². The monoisotopic (exact) mass is 238 g/mol.